The minimum absolute atomic E-state index is 0.0540. The number of carbonyl (C=O) groups excluding carboxylic acids is 1. The number of hydrogen-bond acceptors (Lipinski definition) is 2. The van der Waals surface area contributed by atoms with Crippen LogP contribution in [0, 0.1) is 15.2 Å². The second-order valence-corrected chi connectivity index (χ2v) is 6.48. The van der Waals surface area contributed by atoms with Crippen LogP contribution in [-0.2, 0) is 0 Å². The molecule has 0 saturated heterocycles. The Morgan fingerprint density at radius 1 is 1.30 bits per heavy atom. The van der Waals surface area contributed by atoms with Crippen molar-refractivity contribution in [1.82, 2.24) is 5.32 Å². The van der Waals surface area contributed by atoms with Gasteiger partial charge in [-0.2, -0.15) is 0 Å². The number of benzene rings is 2. The molecule has 0 radical (unpaired) electrons. The highest BCUT2D eigenvalue weighted by Gasteiger charge is 2.14. The van der Waals surface area contributed by atoms with Gasteiger partial charge in [-0.3, -0.25) is 4.79 Å². The fourth-order valence-electron chi connectivity index (χ4n) is 1.82. The van der Waals surface area contributed by atoms with Crippen LogP contribution in [0.3, 0.4) is 0 Å². The topological polar surface area (TPSA) is 38.3 Å². The van der Waals surface area contributed by atoms with Gasteiger partial charge in [0.1, 0.15) is 12.4 Å². The Balaban J connectivity index is 1.93. The fourth-order valence-corrected chi connectivity index (χ4v) is 2.94. The van der Waals surface area contributed by atoms with Crippen molar-refractivity contribution in [3.8, 4) is 5.75 Å². The third kappa shape index (κ3) is 5.04. The molecule has 0 aliphatic carbocycles. The minimum atomic E-state index is -0.782. The van der Waals surface area contributed by atoms with Gasteiger partial charge in [-0.05, 0) is 59.8 Å². The van der Waals surface area contributed by atoms with Crippen molar-refractivity contribution in [3.05, 3.63) is 62.2 Å². The molecule has 0 heterocycles. The molecule has 1 N–H and O–H groups in total. The molecule has 7 heteroatoms. The first kappa shape index (κ1) is 17.9. The van der Waals surface area contributed by atoms with Gasteiger partial charge in [-0.1, -0.05) is 11.6 Å². The van der Waals surface area contributed by atoms with E-state index in [-0.39, 0.29) is 24.3 Å². The van der Waals surface area contributed by atoms with Gasteiger partial charge in [0.15, 0.2) is 11.6 Å². The van der Waals surface area contributed by atoms with E-state index in [0.717, 1.165) is 15.7 Å². The summed E-state index contributed by atoms with van der Waals surface area (Å²) < 4.78 is 32.3. The van der Waals surface area contributed by atoms with E-state index in [2.05, 4.69) is 5.32 Å². The number of halogens is 4. The van der Waals surface area contributed by atoms with Crippen LogP contribution in [0.2, 0.25) is 5.02 Å². The van der Waals surface area contributed by atoms with Gasteiger partial charge in [0, 0.05) is 14.7 Å². The number of hydrogen-bond donors (Lipinski definition) is 1. The second kappa shape index (κ2) is 7.92. The summed E-state index contributed by atoms with van der Waals surface area (Å²) in [6.07, 6.45) is 0. The zero-order chi connectivity index (χ0) is 17.0. The monoisotopic (exact) mass is 451 g/mol. The Morgan fingerprint density at radius 2 is 2.04 bits per heavy atom. The van der Waals surface area contributed by atoms with Gasteiger partial charge < -0.3 is 10.1 Å². The van der Waals surface area contributed by atoms with Crippen LogP contribution in [0.4, 0.5) is 8.78 Å². The number of rotatable bonds is 5. The summed E-state index contributed by atoms with van der Waals surface area (Å²) in [5, 5.41) is 3.30. The molecule has 0 saturated carbocycles. The van der Waals surface area contributed by atoms with E-state index in [4.69, 9.17) is 16.3 Å². The molecule has 1 amide bonds. The largest absolute Gasteiger partial charge is 0.488 e. The average molecular weight is 452 g/mol. The summed E-state index contributed by atoms with van der Waals surface area (Å²) in [5.41, 5.74) is 0.495. The van der Waals surface area contributed by atoms with Crippen LogP contribution in [0.1, 0.15) is 17.3 Å². The predicted octanol–water partition coefficient (Wildman–Crippen LogP) is 4.42. The fraction of sp³-hybridized carbons (Fsp3) is 0.188. The molecular formula is C16H13ClF2INO2. The van der Waals surface area contributed by atoms with Gasteiger partial charge in [0.05, 0.1) is 11.6 Å². The van der Waals surface area contributed by atoms with Gasteiger partial charge in [0.2, 0.25) is 0 Å². The van der Waals surface area contributed by atoms with E-state index in [9.17, 15) is 13.6 Å². The van der Waals surface area contributed by atoms with Gasteiger partial charge in [-0.25, -0.2) is 8.78 Å². The Kier molecular flexibility index (Phi) is 6.17. The first-order valence-corrected chi connectivity index (χ1v) is 8.16. The summed E-state index contributed by atoms with van der Waals surface area (Å²) in [7, 11) is 0. The minimum Gasteiger partial charge on any atom is -0.488 e. The molecule has 3 nitrogen and oxygen atoms in total. The zero-order valence-electron chi connectivity index (χ0n) is 12.1. The molecule has 0 fully saturated rings. The highest BCUT2D eigenvalue weighted by Crippen LogP contribution is 2.19. The smallest absolute Gasteiger partial charge is 0.252 e. The maximum atomic E-state index is 13.5. The predicted molar refractivity (Wildman–Crippen MR) is 93.0 cm³/mol. The lowest BCUT2D eigenvalue weighted by Gasteiger charge is -2.16. The summed E-state index contributed by atoms with van der Waals surface area (Å²) in [4.78, 5) is 12.2. The summed E-state index contributed by atoms with van der Waals surface area (Å²) >= 11 is 7.88. The highest BCUT2D eigenvalue weighted by atomic mass is 127. The van der Waals surface area contributed by atoms with E-state index >= 15 is 0 Å². The molecule has 0 aliphatic heterocycles. The summed E-state index contributed by atoms with van der Waals surface area (Å²) in [6.45, 7) is 1.78. The number of carbonyl (C=O) groups is 1. The van der Waals surface area contributed by atoms with Crippen LogP contribution in [0.25, 0.3) is 0 Å². The first-order chi connectivity index (χ1) is 10.9. The van der Waals surface area contributed by atoms with Gasteiger partial charge in [0.25, 0.3) is 5.91 Å². The molecule has 23 heavy (non-hydrogen) atoms. The molecule has 0 aromatic heterocycles. The van der Waals surface area contributed by atoms with Crippen molar-refractivity contribution in [2.75, 3.05) is 6.61 Å². The lowest BCUT2D eigenvalue weighted by Crippen LogP contribution is -2.37. The molecule has 1 atom stereocenters. The maximum absolute atomic E-state index is 13.5. The van der Waals surface area contributed by atoms with Crippen molar-refractivity contribution in [1.29, 1.82) is 0 Å². The maximum Gasteiger partial charge on any atom is 0.252 e. The molecule has 2 aromatic carbocycles. The van der Waals surface area contributed by atoms with E-state index in [1.807, 2.05) is 22.6 Å². The van der Waals surface area contributed by atoms with Crippen molar-refractivity contribution in [2.45, 2.75) is 13.0 Å². The van der Waals surface area contributed by atoms with Crippen molar-refractivity contribution in [2.24, 2.45) is 0 Å². The van der Waals surface area contributed by atoms with Gasteiger partial charge in [-0.15, -0.1) is 0 Å². The number of amides is 1. The molecule has 2 aromatic rings. The van der Waals surface area contributed by atoms with Crippen LogP contribution in [-0.4, -0.2) is 18.6 Å². The lowest BCUT2D eigenvalue weighted by molar-refractivity contribution is 0.0925. The van der Waals surface area contributed by atoms with E-state index in [0.29, 0.717) is 10.6 Å². The summed E-state index contributed by atoms with van der Waals surface area (Å²) in [5.74, 6) is -1.79. The molecule has 0 spiro atoms. The second-order valence-electron chi connectivity index (χ2n) is 4.88. The standard InChI is InChI=1S/C16H13ClF2INO2/c1-9(8-23-15-5-3-11(18)7-13(15)19)21-16(22)12-4-2-10(17)6-14(12)20/h2-7,9H,8H2,1H3,(H,21,22). The molecule has 0 bridgehead atoms. The quantitative estimate of drug-likeness (QED) is 0.684. The van der Waals surface area contributed by atoms with Crippen molar-refractivity contribution >= 4 is 40.1 Å². The third-order valence-electron chi connectivity index (χ3n) is 2.94. The number of ether oxygens (including phenoxy) is 1. The molecule has 2 rings (SSSR count). The molecule has 0 aliphatic rings. The normalized spacial score (nSPS) is 11.9. The Morgan fingerprint density at radius 3 is 2.70 bits per heavy atom. The molecule has 1 unspecified atom stereocenters. The summed E-state index contributed by atoms with van der Waals surface area (Å²) in [6, 6.07) is 7.65. The van der Waals surface area contributed by atoms with Crippen LogP contribution < -0.4 is 10.1 Å². The van der Waals surface area contributed by atoms with Crippen LogP contribution in [0.5, 0.6) is 5.75 Å². The average Bonchev–Trinajstić information content (AvgIpc) is 2.46. The molecule has 122 valence electrons. The zero-order valence-corrected chi connectivity index (χ0v) is 15.0. The lowest BCUT2D eigenvalue weighted by atomic mass is 10.2. The van der Waals surface area contributed by atoms with Crippen LogP contribution >= 0.6 is 34.2 Å². The third-order valence-corrected chi connectivity index (χ3v) is 4.06. The van der Waals surface area contributed by atoms with Crippen LogP contribution in [0.15, 0.2) is 36.4 Å². The Hall–Kier alpha value is -1.41. The highest BCUT2D eigenvalue weighted by molar-refractivity contribution is 14.1. The molecular weight excluding hydrogens is 439 g/mol. The van der Waals surface area contributed by atoms with Crippen molar-refractivity contribution < 1.29 is 18.3 Å². The Bertz CT molecular complexity index is 727. The first-order valence-electron chi connectivity index (χ1n) is 6.70. The number of nitrogens with one attached hydrogen (secondary N) is 1. The van der Waals surface area contributed by atoms with E-state index in [1.165, 1.54) is 6.07 Å². The SMILES string of the molecule is CC(COc1ccc(F)cc1F)NC(=O)c1ccc(Cl)cc1I. The van der Waals surface area contributed by atoms with Crippen molar-refractivity contribution in [3.63, 3.8) is 0 Å². The Labute approximate surface area is 151 Å². The van der Waals surface area contributed by atoms with Gasteiger partial charge >= 0.3 is 0 Å². The van der Waals surface area contributed by atoms with E-state index in [1.54, 1.807) is 25.1 Å². The van der Waals surface area contributed by atoms with E-state index < -0.39 is 11.6 Å².